The molecule has 1 heterocycles. The summed E-state index contributed by atoms with van der Waals surface area (Å²) < 4.78 is 0. The molecule has 3 fully saturated rings. The molecule has 0 aromatic heterocycles. The summed E-state index contributed by atoms with van der Waals surface area (Å²) in [5.74, 6) is 1.75. The summed E-state index contributed by atoms with van der Waals surface area (Å²) in [6.07, 6.45) is 6.90. The molecule has 0 bridgehead atoms. The van der Waals surface area contributed by atoms with E-state index < -0.39 is 0 Å². The maximum atomic E-state index is 13.3. The number of rotatable bonds is 5. The van der Waals surface area contributed by atoms with Gasteiger partial charge in [-0.1, -0.05) is 27.2 Å². The van der Waals surface area contributed by atoms with Gasteiger partial charge in [-0.05, 0) is 80.0 Å². The zero-order chi connectivity index (χ0) is 21.4. The molecule has 4 atom stereocenters. The van der Waals surface area contributed by atoms with E-state index in [1.807, 2.05) is 19.1 Å². The lowest BCUT2D eigenvalue weighted by Gasteiger charge is -2.27. The molecular formula is C25H33N3O2. The van der Waals surface area contributed by atoms with E-state index >= 15 is 0 Å². The minimum atomic E-state index is -0.333. The minimum absolute atomic E-state index is 0.0619. The van der Waals surface area contributed by atoms with Gasteiger partial charge in [-0.3, -0.25) is 9.59 Å². The molecule has 2 amide bonds. The van der Waals surface area contributed by atoms with E-state index in [1.54, 1.807) is 11.0 Å². The van der Waals surface area contributed by atoms with Crippen molar-refractivity contribution >= 4 is 17.5 Å². The van der Waals surface area contributed by atoms with Gasteiger partial charge >= 0.3 is 0 Å². The van der Waals surface area contributed by atoms with E-state index in [-0.39, 0.29) is 29.8 Å². The normalized spacial score (nSPS) is 32.3. The van der Waals surface area contributed by atoms with Gasteiger partial charge in [-0.2, -0.15) is 5.26 Å². The molecule has 0 spiro atoms. The zero-order valence-electron chi connectivity index (χ0n) is 18.4. The van der Waals surface area contributed by atoms with Crippen LogP contribution in [0.1, 0.15) is 75.2 Å². The fourth-order valence-corrected chi connectivity index (χ4v) is 5.63. The molecule has 0 unspecified atom stereocenters. The van der Waals surface area contributed by atoms with Crippen molar-refractivity contribution in [2.45, 2.75) is 77.8 Å². The number of piperidine rings is 1. The smallest absolute Gasteiger partial charge is 0.255 e. The predicted octanol–water partition coefficient (Wildman–Crippen LogP) is 4.78. The quantitative estimate of drug-likeness (QED) is 0.764. The third-order valence-electron chi connectivity index (χ3n) is 7.76. The number of hydrogen-bond acceptors (Lipinski definition) is 3. The van der Waals surface area contributed by atoms with Gasteiger partial charge in [0, 0.05) is 23.2 Å². The molecule has 2 aliphatic carbocycles. The molecule has 160 valence electrons. The number of amides is 2. The number of carbonyl (C=O) groups is 2. The third-order valence-corrected chi connectivity index (χ3v) is 7.76. The van der Waals surface area contributed by atoms with Crippen molar-refractivity contribution in [3.05, 3.63) is 29.3 Å². The van der Waals surface area contributed by atoms with Crippen molar-refractivity contribution in [2.24, 2.45) is 23.7 Å². The maximum Gasteiger partial charge on any atom is 0.255 e. The van der Waals surface area contributed by atoms with Gasteiger partial charge in [0.2, 0.25) is 5.91 Å². The topological polar surface area (TPSA) is 73.2 Å². The molecule has 2 saturated carbocycles. The summed E-state index contributed by atoms with van der Waals surface area (Å²) in [5, 5.41) is 12.6. The lowest BCUT2D eigenvalue weighted by atomic mass is 9.80. The number of nitrogens with zero attached hydrogens (tertiary/aromatic N) is 2. The molecule has 5 heteroatoms. The second-order valence-corrected chi connectivity index (χ2v) is 9.49. The standard InChI is InChI=1S/C25H33N3O2/c1-4-16-6-8-18(9-7-16)24(29)27-20-11-17(5-2)10-19(12-20)25(30)28-21(14-26)13-22-15(3)23(22)28/h10-12,15-16,18,21-23H,4-9,13H2,1-3H3,(H,27,29)/t15-,16?,18?,21-,22+,23-/m0/s1. The Morgan fingerprint density at radius 1 is 1.17 bits per heavy atom. The Hall–Kier alpha value is -2.35. The zero-order valence-corrected chi connectivity index (χ0v) is 18.4. The van der Waals surface area contributed by atoms with Gasteiger partial charge in [0.15, 0.2) is 0 Å². The predicted molar refractivity (Wildman–Crippen MR) is 117 cm³/mol. The number of nitrogens with one attached hydrogen (secondary N) is 1. The highest BCUT2D eigenvalue weighted by Gasteiger charge is 2.60. The van der Waals surface area contributed by atoms with Crippen LogP contribution < -0.4 is 5.32 Å². The first-order valence-corrected chi connectivity index (χ1v) is 11.6. The van der Waals surface area contributed by atoms with Crippen molar-refractivity contribution in [3.63, 3.8) is 0 Å². The van der Waals surface area contributed by atoms with Crippen molar-refractivity contribution in [1.29, 1.82) is 5.26 Å². The summed E-state index contributed by atoms with van der Waals surface area (Å²) in [6, 6.07) is 7.86. The Balaban J connectivity index is 1.50. The highest BCUT2D eigenvalue weighted by molar-refractivity contribution is 5.98. The van der Waals surface area contributed by atoms with Crippen LogP contribution in [0.5, 0.6) is 0 Å². The molecule has 30 heavy (non-hydrogen) atoms. The molecule has 5 nitrogen and oxygen atoms in total. The summed E-state index contributed by atoms with van der Waals surface area (Å²) in [4.78, 5) is 28.0. The van der Waals surface area contributed by atoms with Crippen molar-refractivity contribution < 1.29 is 9.59 Å². The number of carbonyl (C=O) groups excluding carboxylic acids is 2. The Kier molecular flexibility index (Phi) is 5.86. The fraction of sp³-hybridized carbons (Fsp3) is 0.640. The first-order valence-electron chi connectivity index (χ1n) is 11.6. The minimum Gasteiger partial charge on any atom is -0.326 e. The SMILES string of the molecule is CCc1cc(NC(=O)C2CCC(CC)CC2)cc(C(=O)N2[C@H]3[C@@H](C)[C@H]3C[C@H]2C#N)c1. The van der Waals surface area contributed by atoms with Gasteiger partial charge in [-0.25, -0.2) is 0 Å². The van der Waals surface area contributed by atoms with Gasteiger partial charge < -0.3 is 10.2 Å². The largest absolute Gasteiger partial charge is 0.326 e. The molecule has 1 aromatic rings. The van der Waals surface area contributed by atoms with Crippen LogP contribution in [0.3, 0.4) is 0 Å². The number of benzene rings is 1. The lowest BCUT2D eigenvalue weighted by molar-refractivity contribution is -0.121. The first kappa shape index (κ1) is 20.9. The highest BCUT2D eigenvalue weighted by atomic mass is 16.2. The molecule has 1 saturated heterocycles. The molecule has 1 aliphatic heterocycles. The second kappa shape index (κ2) is 8.41. The van der Waals surface area contributed by atoms with Crippen molar-refractivity contribution in [3.8, 4) is 6.07 Å². The van der Waals surface area contributed by atoms with E-state index in [4.69, 9.17) is 0 Å². The van der Waals surface area contributed by atoms with Crippen LogP contribution in [-0.2, 0) is 11.2 Å². The Morgan fingerprint density at radius 3 is 2.53 bits per heavy atom. The van der Waals surface area contributed by atoms with Crippen LogP contribution in [0, 0.1) is 35.0 Å². The first-order chi connectivity index (χ1) is 14.5. The summed E-state index contributed by atoms with van der Waals surface area (Å²) >= 11 is 0. The number of fused-ring (bicyclic) bond motifs is 1. The van der Waals surface area contributed by atoms with Gasteiger partial charge in [0.05, 0.1) is 6.07 Å². The highest BCUT2D eigenvalue weighted by Crippen LogP contribution is 2.53. The van der Waals surface area contributed by atoms with Crippen LogP contribution in [0.2, 0.25) is 0 Å². The van der Waals surface area contributed by atoms with Crippen LogP contribution >= 0.6 is 0 Å². The Labute approximate surface area is 179 Å². The third kappa shape index (κ3) is 3.85. The summed E-state index contributed by atoms with van der Waals surface area (Å²) in [7, 11) is 0. The van der Waals surface area contributed by atoms with Crippen LogP contribution in [0.15, 0.2) is 18.2 Å². The van der Waals surface area contributed by atoms with E-state index in [2.05, 4.69) is 25.2 Å². The van der Waals surface area contributed by atoms with Gasteiger partial charge in [0.25, 0.3) is 5.91 Å². The summed E-state index contributed by atoms with van der Waals surface area (Å²) in [5.41, 5.74) is 2.31. The van der Waals surface area contributed by atoms with Crippen molar-refractivity contribution in [2.75, 3.05) is 5.32 Å². The van der Waals surface area contributed by atoms with E-state index in [0.717, 1.165) is 50.0 Å². The number of aryl methyl sites for hydroxylation is 1. The number of hydrogen-bond donors (Lipinski definition) is 1. The Morgan fingerprint density at radius 2 is 1.90 bits per heavy atom. The summed E-state index contributed by atoms with van der Waals surface area (Å²) in [6.45, 7) is 6.43. The molecule has 0 radical (unpaired) electrons. The maximum absolute atomic E-state index is 13.3. The molecule has 1 aromatic carbocycles. The van der Waals surface area contributed by atoms with Crippen LogP contribution in [0.4, 0.5) is 5.69 Å². The number of nitriles is 1. The van der Waals surface area contributed by atoms with E-state index in [0.29, 0.717) is 23.1 Å². The fourth-order valence-electron chi connectivity index (χ4n) is 5.63. The molecule has 4 rings (SSSR count). The molecular weight excluding hydrogens is 374 g/mol. The average Bonchev–Trinajstić information content (AvgIpc) is 3.22. The van der Waals surface area contributed by atoms with Crippen LogP contribution in [0.25, 0.3) is 0 Å². The van der Waals surface area contributed by atoms with E-state index in [1.165, 1.54) is 6.42 Å². The number of anilines is 1. The number of likely N-dealkylation sites (tertiary alicyclic amines) is 1. The van der Waals surface area contributed by atoms with E-state index in [9.17, 15) is 14.9 Å². The monoisotopic (exact) mass is 407 g/mol. The molecule has 1 N–H and O–H groups in total. The Bertz CT molecular complexity index is 866. The lowest BCUT2D eigenvalue weighted by Crippen LogP contribution is -2.39. The molecule has 3 aliphatic rings. The second-order valence-electron chi connectivity index (χ2n) is 9.49. The van der Waals surface area contributed by atoms with Crippen LogP contribution in [-0.4, -0.2) is 28.8 Å². The van der Waals surface area contributed by atoms with Crippen molar-refractivity contribution in [1.82, 2.24) is 4.90 Å². The van der Waals surface area contributed by atoms with Gasteiger partial charge in [-0.15, -0.1) is 0 Å². The average molecular weight is 408 g/mol. The van der Waals surface area contributed by atoms with Gasteiger partial charge in [0.1, 0.15) is 6.04 Å².